The standard InChI is InChI=1S/C20H19N3O2/c1-14(22-23-20(24)21-15-8-4-3-5-9-15)16-12-13-19(25-2)18-11-7-6-10-17(16)18/h3-13H,1-2H3,(H2,21,23,24)/b22-14-. The molecule has 3 rings (SSSR count). The summed E-state index contributed by atoms with van der Waals surface area (Å²) in [5.74, 6) is 0.807. The molecule has 0 atom stereocenters. The summed E-state index contributed by atoms with van der Waals surface area (Å²) in [7, 11) is 1.65. The Kier molecular flexibility index (Phi) is 4.95. The number of carbonyl (C=O) groups excluding carboxylic acids is 1. The molecule has 2 N–H and O–H groups in total. The predicted molar refractivity (Wildman–Crippen MR) is 101 cm³/mol. The molecule has 0 saturated heterocycles. The third kappa shape index (κ3) is 3.77. The van der Waals surface area contributed by atoms with E-state index >= 15 is 0 Å². The van der Waals surface area contributed by atoms with Gasteiger partial charge in [0.05, 0.1) is 12.8 Å². The van der Waals surface area contributed by atoms with E-state index in [9.17, 15) is 4.79 Å². The molecule has 0 fully saturated rings. The molecule has 0 radical (unpaired) electrons. The van der Waals surface area contributed by atoms with Gasteiger partial charge in [-0.05, 0) is 36.6 Å². The maximum atomic E-state index is 12.0. The summed E-state index contributed by atoms with van der Waals surface area (Å²) in [6, 6.07) is 20.6. The van der Waals surface area contributed by atoms with Crippen LogP contribution in [0.15, 0.2) is 71.8 Å². The van der Waals surface area contributed by atoms with Crippen molar-refractivity contribution >= 4 is 28.2 Å². The van der Waals surface area contributed by atoms with Crippen molar-refractivity contribution in [1.29, 1.82) is 0 Å². The van der Waals surface area contributed by atoms with E-state index in [1.165, 1.54) is 0 Å². The van der Waals surface area contributed by atoms with Crippen LogP contribution >= 0.6 is 0 Å². The first-order chi connectivity index (χ1) is 12.2. The summed E-state index contributed by atoms with van der Waals surface area (Å²) in [6.45, 7) is 1.86. The first-order valence-corrected chi connectivity index (χ1v) is 7.91. The third-order valence-electron chi connectivity index (χ3n) is 3.85. The van der Waals surface area contributed by atoms with E-state index in [-0.39, 0.29) is 6.03 Å². The molecule has 5 heteroatoms. The average molecular weight is 333 g/mol. The van der Waals surface area contributed by atoms with Gasteiger partial charge in [-0.25, -0.2) is 10.2 Å². The zero-order chi connectivity index (χ0) is 17.6. The van der Waals surface area contributed by atoms with Crippen molar-refractivity contribution in [3.05, 3.63) is 72.3 Å². The maximum absolute atomic E-state index is 12.0. The smallest absolute Gasteiger partial charge is 0.339 e. The van der Waals surface area contributed by atoms with Gasteiger partial charge in [0.15, 0.2) is 0 Å². The second kappa shape index (κ2) is 7.49. The molecule has 3 aromatic rings. The van der Waals surface area contributed by atoms with Crippen LogP contribution in [0.4, 0.5) is 10.5 Å². The molecule has 0 aromatic heterocycles. The first kappa shape index (κ1) is 16.5. The Labute approximate surface area is 146 Å². The van der Waals surface area contributed by atoms with E-state index in [4.69, 9.17) is 4.74 Å². The Morgan fingerprint density at radius 1 is 0.920 bits per heavy atom. The summed E-state index contributed by atoms with van der Waals surface area (Å²) in [4.78, 5) is 12.0. The molecule has 25 heavy (non-hydrogen) atoms. The summed E-state index contributed by atoms with van der Waals surface area (Å²) >= 11 is 0. The molecule has 0 saturated carbocycles. The molecule has 126 valence electrons. The van der Waals surface area contributed by atoms with Gasteiger partial charge in [-0.2, -0.15) is 5.10 Å². The summed E-state index contributed by atoms with van der Waals surface area (Å²) in [6.07, 6.45) is 0. The number of benzene rings is 3. The lowest BCUT2D eigenvalue weighted by Crippen LogP contribution is -2.25. The van der Waals surface area contributed by atoms with Gasteiger partial charge in [-0.1, -0.05) is 42.5 Å². The van der Waals surface area contributed by atoms with Crippen LogP contribution in [-0.2, 0) is 0 Å². The molecule has 0 heterocycles. The van der Waals surface area contributed by atoms with Crippen LogP contribution in [-0.4, -0.2) is 18.9 Å². The van der Waals surface area contributed by atoms with Gasteiger partial charge in [0.25, 0.3) is 0 Å². The van der Waals surface area contributed by atoms with E-state index in [2.05, 4.69) is 15.8 Å². The number of para-hydroxylation sites is 1. The van der Waals surface area contributed by atoms with Gasteiger partial charge in [-0.15, -0.1) is 0 Å². The largest absolute Gasteiger partial charge is 0.496 e. The lowest BCUT2D eigenvalue weighted by molar-refractivity contribution is 0.252. The van der Waals surface area contributed by atoms with E-state index in [0.717, 1.165) is 22.1 Å². The number of methoxy groups -OCH3 is 1. The average Bonchev–Trinajstić information content (AvgIpc) is 2.66. The van der Waals surface area contributed by atoms with Gasteiger partial charge in [-0.3, -0.25) is 0 Å². The van der Waals surface area contributed by atoms with Crippen LogP contribution in [0, 0.1) is 0 Å². The fourth-order valence-corrected chi connectivity index (χ4v) is 2.64. The molecule has 0 spiro atoms. The first-order valence-electron chi connectivity index (χ1n) is 7.91. The minimum atomic E-state index is -0.386. The van der Waals surface area contributed by atoms with Gasteiger partial charge < -0.3 is 10.1 Å². The van der Waals surface area contributed by atoms with E-state index in [0.29, 0.717) is 11.4 Å². The van der Waals surface area contributed by atoms with Gasteiger partial charge in [0, 0.05) is 16.6 Å². The Hall–Kier alpha value is -3.34. The number of hydrogen-bond donors (Lipinski definition) is 2. The SMILES string of the molecule is COc1ccc(/C(C)=N\NC(=O)Nc2ccccc2)c2ccccc12. The highest BCUT2D eigenvalue weighted by molar-refractivity contribution is 6.11. The number of urea groups is 1. The third-order valence-corrected chi connectivity index (χ3v) is 3.85. The zero-order valence-corrected chi connectivity index (χ0v) is 14.1. The van der Waals surface area contributed by atoms with Crippen LogP contribution in [0.3, 0.4) is 0 Å². The maximum Gasteiger partial charge on any atom is 0.339 e. The van der Waals surface area contributed by atoms with Crippen LogP contribution < -0.4 is 15.5 Å². The lowest BCUT2D eigenvalue weighted by atomic mass is 10.0. The van der Waals surface area contributed by atoms with Crippen LogP contribution in [0.25, 0.3) is 10.8 Å². The summed E-state index contributed by atoms with van der Waals surface area (Å²) in [5, 5.41) is 8.96. The minimum Gasteiger partial charge on any atom is -0.496 e. The zero-order valence-electron chi connectivity index (χ0n) is 14.1. The number of anilines is 1. The van der Waals surface area contributed by atoms with Crippen molar-refractivity contribution in [1.82, 2.24) is 5.43 Å². The van der Waals surface area contributed by atoms with Crippen molar-refractivity contribution in [2.75, 3.05) is 12.4 Å². The Bertz CT molecular complexity index is 921. The molecule has 3 aromatic carbocycles. The summed E-state index contributed by atoms with van der Waals surface area (Å²) < 4.78 is 5.41. The number of hydrogen-bond acceptors (Lipinski definition) is 3. The Morgan fingerprint density at radius 2 is 1.60 bits per heavy atom. The minimum absolute atomic E-state index is 0.386. The topological polar surface area (TPSA) is 62.7 Å². The van der Waals surface area contributed by atoms with Crippen LogP contribution in [0.1, 0.15) is 12.5 Å². The highest BCUT2D eigenvalue weighted by atomic mass is 16.5. The molecule has 0 aliphatic heterocycles. The number of rotatable bonds is 4. The number of ether oxygens (including phenoxy) is 1. The van der Waals surface area contributed by atoms with E-state index < -0.39 is 0 Å². The lowest BCUT2D eigenvalue weighted by Gasteiger charge is -2.10. The van der Waals surface area contributed by atoms with Gasteiger partial charge in [0.1, 0.15) is 5.75 Å². The van der Waals surface area contributed by atoms with Crippen molar-refractivity contribution in [2.24, 2.45) is 5.10 Å². The van der Waals surface area contributed by atoms with E-state index in [1.807, 2.05) is 73.7 Å². The molecular weight excluding hydrogens is 314 g/mol. The van der Waals surface area contributed by atoms with Crippen LogP contribution in [0.5, 0.6) is 5.75 Å². The molecule has 0 aliphatic carbocycles. The highest BCUT2D eigenvalue weighted by Crippen LogP contribution is 2.28. The van der Waals surface area contributed by atoms with Gasteiger partial charge >= 0.3 is 6.03 Å². The number of amides is 2. The Morgan fingerprint density at radius 3 is 2.32 bits per heavy atom. The number of nitrogens with one attached hydrogen (secondary N) is 2. The predicted octanol–water partition coefficient (Wildman–Crippen LogP) is 4.39. The number of fused-ring (bicyclic) bond motifs is 1. The number of hydrazone groups is 1. The Balaban J connectivity index is 1.81. The van der Waals surface area contributed by atoms with Crippen molar-refractivity contribution in [3.8, 4) is 5.75 Å². The summed E-state index contributed by atoms with van der Waals surface area (Å²) in [5.41, 5.74) is 4.89. The van der Waals surface area contributed by atoms with Crippen molar-refractivity contribution in [2.45, 2.75) is 6.92 Å². The molecular formula is C20H19N3O2. The highest BCUT2D eigenvalue weighted by Gasteiger charge is 2.09. The molecule has 2 amide bonds. The molecule has 0 unspecified atom stereocenters. The van der Waals surface area contributed by atoms with Gasteiger partial charge in [0.2, 0.25) is 0 Å². The van der Waals surface area contributed by atoms with Crippen LogP contribution in [0.2, 0.25) is 0 Å². The second-order valence-electron chi connectivity index (χ2n) is 5.49. The molecule has 0 bridgehead atoms. The molecule has 0 aliphatic rings. The van der Waals surface area contributed by atoms with Crippen molar-refractivity contribution < 1.29 is 9.53 Å². The second-order valence-corrected chi connectivity index (χ2v) is 5.49. The number of carbonyl (C=O) groups is 1. The molecule has 5 nitrogen and oxygen atoms in total. The fraction of sp³-hybridized carbons (Fsp3) is 0.100. The fourth-order valence-electron chi connectivity index (χ4n) is 2.64. The monoisotopic (exact) mass is 333 g/mol. The van der Waals surface area contributed by atoms with Crippen molar-refractivity contribution in [3.63, 3.8) is 0 Å². The van der Waals surface area contributed by atoms with E-state index in [1.54, 1.807) is 7.11 Å². The normalized spacial score (nSPS) is 11.2. The quantitative estimate of drug-likeness (QED) is 0.549. The number of nitrogens with zero attached hydrogens (tertiary/aromatic N) is 1.